The van der Waals surface area contributed by atoms with Gasteiger partial charge in [-0.3, -0.25) is 9.97 Å². The van der Waals surface area contributed by atoms with Gasteiger partial charge in [-0.2, -0.15) is 0 Å². The third-order valence-electron chi connectivity index (χ3n) is 6.29. The van der Waals surface area contributed by atoms with Crippen LogP contribution < -0.4 is 79.0 Å². The monoisotopic (exact) mass is 584 g/mol. The molecule has 6 aromatic rings. The van der Waals surface area contributed by atoms with Gasteiger partial charge in [-0.1, -0.05) is 60.7 Å². The fraction of sp³-hybridized carbons (Fsp3) is 0. The van der Waals surface area contributed by atoms with Gasteiger partial charge in [-0.25, -0.2) is 4.98 Å². The van der Waals surface area contributed by atoms with Gasteiger partial charge in [-0.15, -0.1) is 0 Å². The zero-order valence-corrected chi connectivity index (χ0v) is 26.1. The van der Waals surface area contributed by atoms with Crippen LogP contribution in [-0.4, -0.2) is 9.97 Å². The average molecular weight is 584 g/mol. The van der Waals surface area contributed by atoms with Crippen LogP contribution >= 0.6 is 0 Å². The zero-order valence-electron chi connectivity index (χ0n) is 19.8. The second kappa shape index (κ2) is 11.1. The normalized spacial score (nSPS) is 10.7. The largest absolute Gasteiger partial charge is 1.00 e. The summed E-state index contributed by atoms with van der Waals surface area (Å²) in [6.45, 7) is 0. The van der Waals surface area contributed by atoms with Crippen LogP contribution in [0, 0.1) is 0 Å². The van der Waals surface area contributed by atoms with Gasteiger partial charge < -0.3 is 5.11 Å². The van der Waals surface area contributed by atoms with E-state index < -0.39 is 0 Å². The van der Waals surface area contributed by atoms with E-state index in [0.717, 1.165) is 44.3 Å². The first kappa shape index (κ1) is 24.9. The summed E-state index contributed by atoms with van der Waals surface area (Å²) < 4.78 is 0. The molecule has 0 aliphatic heterocycles. The Labute approximate surface area is 268 Å². The molecule has 3 aromatic heterocycles. The third-order valence-corrected chi connectivity index (χ3v) is 6.29. The molecule has 166 valence electrons. The van der Waals surface area contributed by atoms with E-state index in [1.54, 1.807) is 18.6 Å². The average Bonchev–Trinajstić information content (AvgIpc) is 2.95. The Bertz CT molecular complexity index is 1620. The number of H-pyrrole nitrogens is 1. The number of pyridine rings is 3. The summed E-state index contributed by atoms with van der Waals surface area (Å²) in [6.07, 6.45) is 9.03. The number of hydrogen-bond donors (Lipinski definition) is 0. The summed E-state index contributed by atoms with van der Waals surface area (Å²) >= 11 is 0. The van der Waals surface area contributed by atoms with E-state index in [-0.39, 0.29) is 74.6 Å². The van der Waals surface area contributed by atoms with E-state index >= 15 is 0 Å². The van der Waals surface area contributed by atoms with Crippen molar-refractivity contribution in [3.63, 3.8) is 0 Å². The molecule has 6 rings (SSSR count). The molecule has 0 atom stereocenters. The van der Waals surface area contributed by atoms with Crippen LogP contribution in [-0.2, 0) is 0 Å². The Balaban J connectivity index is 0.00000267. The quantitative estimate of drug-likeness (QED) is 0.320. The van der Waals surface area contributed by atoms with Gasteiger partial charge in [0.2, 0.25) is 5.52 Å². The molecule has 3 aromatic carbocycles. The van der Waals surface area contributed by atoms with Crippen LogP contribution in [0.15, 0.2) is 122 Å². The maximum absolute atomic E-state index is 13.5. The van der Waals surface area contributed by atoms with Crippen molar-refractivity contribution in [1.29, 1.82) is 0 Å². The SMILES string of the molecule is [Cs+].[O-]c1c(-c2ccc(-c3cccnc3)cc2)cc(-c2ccc(-c3cccnc3)cc2)c2ccc[nH+]c12. The van der Waals surface area contributed by atoms with Crippen LogP contribution in [0.4, 0.5) is 0 Å². The molecule has 0 spiro atoms. The van der Waals surface area contributed by atoms with Gasteiger partial charge in [0.15, 0.2) is 6.20 Å². The number of rotatable bonds is 4. The molecule has 0 saturated heterocycles. The molecule has 0 saturated carbocycles. The minimum Gasteiger partial charge on any atom is -0.868 e. The number of aromatic amines is 1. The fourth-order valence-electron chi connectivity index (χ4n) is 4.48. The minimum absolute atomic E-state index is 0. The molecule has 0 fully saturated rings. The second-order valence-electron chi connectivity index (χ2n) is 8.40. The number of nitrogens with zero attached hydrogens (tertiary/aromatic N) is 2. The summed E-state index contributed by atoms with van der Waals surface area (Å²) in [5.74, 6) is -0.00884. The number of nitrogens with one attached hydrogen (secondary N) is 1. The molecular weight excluding hydrogens is 563 g/mol. The number of benzene rings is 3. The zero-order chi connectivity index (χ0) is 23.6. The van der Waals surface area contributed by atoms with E-state index in [1.165, 1.54) is 0 Å². The van der Waals surface area contributed by atoms with Crippen LogP contribution in [0.25, 0.3) is 55.4 Å². The molecule has 3 heterocycles. The van der Waals surface area contributed by atoms with Gasteiger partial charge in [0.1, 0.15) is 0 Å². The maximum Gasteiger partial charge on any atom is 1.00 e. The molecule has 0 aliphatic carbocycles. The summed E-state index contributed by atoms with van der Waals surface area (Å²) in [5, 5.41) is 14.4. The van der Waals surface area contributed by atoms with Gasteiger partial charge in [0, 0.05) is 30.9 Å². The maximum atomic E-state index is 13.5. The molecule has 36 heavy (non-hydrogen) atoms. The Morgan fingerprint density at radius 2 is 1.08 bits per heavy atom. The molecule has 0 bridgehead atoms. The van der Waals surface area contributed by atoms with E-state index in [0.29, 0.717) is 11.1 Å². The molecular formula is C31H21CsN3O+. The van der Waals surface area contributed by atoms with Crippen molar-refractivity contribution in [2.45, 2.75) is 0 Å². The van der Waals surface area contributed by atoms with Crippen molar-refractivity contribution >= 4 is 10.9 Å². The first-order valence-electron chi connectivity index (χ1n) is 11.4. The van der Waals surface area contributed by atoms with Crippen molar-refractivity contribution < 1.29 is 79.0 Å². The van der Waals surface area contributed by atoms with Crippen LogP contribution in [0.3, 0.4) is 0 Å². The van der Waals surface area contributed by atoms with Crippen molar-refractivity contribution in [2.24, 2.45) is 0 Å². The van der Waals surface area contributed by atoms with Crippen molar-refractivity contribution in [3.05, 3.63) is 122 Å². The number of hydrogen-bond acceptors (Lipinski definition) is 3. The molecule has 0 aliphatic rings. The predicted octanol–water partition coefficient (Wildman–Crippen LogP) is 3.19. The van der Waals surface area contributed by atoms with Gasteiger partial charge >= 0.3 is 68.9 Å². The van der Waals surface area contributed by atoms with Gasteiger partial charge in [-0.05, 0) is 74.5 Å². The Morgan fingerprint density at radius 1 is 0.556 bits per heavy atom. The topological polar surface area (TPSA) is 63.0 Å². The van der Waals surface area contributed by atoms with E-state index in [1.807, 2.05) is 79.1 Å². The first-order valence-corrected chi connectivity index (χ1v) is 11.4. The molecule has 4 nitrogen and oxygen atoms in total. The van der Waals surface area contributed by atoms with Gasteiger partial charge in [0.25, 0.3) is 0 Å². The summed E-state index contributed by atoms with van der Waals surface area (Å²) in [6, 6.07) is 30.3. The molecule has 0 radical (unpaired) electrons. The Hall–Kier alpha value is -2.78. The van der Waals surface area contributed by atoms with E-state index in [9.17, 15) is 5.11 Å². The van der Waals surface area contributed by atoms with Crippen molar-refractivity contribution in [2.75, 3.05) is 0 Å². The van der Waals surface area contributed by atoms with Crippen LogP contribution in [0.2, 0.25) is 0 Å². The molecule has 0 amide bonds. The second-order valence-corrected chi connectivity index (χ2v) is 8.40. The van der Waals surface area contributed by atoms with Crippen LogP contribution in [0.5, 0.6) is 5.75 Å². The fourth-order valence-corrected chi connectivity index (χ4v) is 4.48. The smallest absolute Gasteiger partial charge is 0.868 e. The summed E-state index contributed by atoms with van der Waals surface area (Å²) in [4.78, 5) is 11.6. The van der Waals surface area contributed by atoms with Crippen molar-refractivity contribution in [3.8, 4) is 50.3 Å². The predicted molar refractivity (Wildman–Crippen MR) is 137 cm³/mol. The van der Waals surface area contributed by atoms with Crippen molar-refractivity contribution in [1.82, 2.24) is 9.97 Å². The standard InChI is InChI=1S/C31H21N3O.Cs/c35-31-29(24-13-9-22(10-14-24)26-5-2-16-33-20-26)18-28(27-6-3-17-34-30(27)31)23-11-7-21(8-12-23)25-4-1-15-32-19-25;/h1-20,35H;/q;+1. The molecule has 1 N–H and O–H groups in total. The first-order chi connectivity index (χ1) is 17.3. The third kappa shape index (κ3) is 4.91. The number of aromatic nitrogens is 3. The van der Waals surface area contributed by atoms with Crippen LogP contribution in [0.1, 0.15) is 0 Å². The van der Waals surface area contributed by atoms with E-state index in [2.05, 4.69) is 39.2 Å². The van der Waals surface area contributed by atoms with E-state index in [4.69, 9.17) is 0 Å². The summed E-state index contributed by atoms with van der Waals surface area (Å²) in [5.41, 5.74) is 8.50. The summed E-state index contributed by atoms with van der Waals surface area (Å²) in [7, 11) is 0. The van der Waals surface area contributed by atoms with Gasteiger partial charge in [0.05, 0.1) is 5.39 Å². The minimum atomic E-state index is -0.00884. The Morgan fingerprint density at radius 3 is 1.61 bits per heavy atom. The Kier molecular flexibility index (Phi) is 7.67. The molecule has 0 unspecified atom stereocenters. The molecule has 5 heteroatoms. The number of fused-ring (bicyclic) bond motifs is 1.